The van der Waals surface area contributed by atoms with Crippen LogP contribution in [0.3, 0.4) is 0 Å². The molecule has 0 atom stereocenters. The Morgan fingerprint density at radius 2 is 1.54 bits per heavy atom. The third-order valence-electron chi connectivity index (χ3n) is 5.33. The number of aromatic nitrogens is 3. The molecule has 0 spiro atoms. The van der Waals surface area contributed by atoms with Crippen LogP contribution in [0.15, 0.2) is 58.3 Å². The molecule has 0 amide bonds. The average Bonchev–Trinajstić information content (AvgIpc) is 3.08. The Balaban J connectivity index is 2.19. The Morgan fingerprint density at radius 1 is 0.857 bits per heavy atom. The summed E-state index contributed by atoms with van der Waals surface area (Å²) < 4.78 is 4.63. The first kappa shape index (κ1) is 18.3. The van der Waals surface area contributed by atoms with E-state index >= 15 is 0 Å². The van der Waals surface area contributed by atoms with Crippen LogP contribution in [0.25, 0.3) is 27.8 Å². The van der Waals surface area contributed by atoms with Crippen LogP contribution in [0.2, 0.25) is 5.02 Å². The van der Waals surface area contributed by atoms with Crippen molar-refractivity contribution >= 4 is 22.5 Å². The molecule has 2 aromatic carbocycles. The number of fused-ring (bicyclic) bond motifs is 1. The highest BCUT2D eigenvalue weighted by atomic mass is 35.5. The topological polar surface area (TPSA) is 48.9 Å². The van der Waals surface area contributed by atoms with Crippen LogP contribution < -0.4 is 11.2 Å². The van der Waals surface area contributed by atoms with E-state index < -0.39 is 0 Å². The van der Waals surface area contributed by atoms with Gasteiger partial charge in [0.2, 0.25) is 0 Å². The lowest BCUT2D eigenvalue weighted by Crippen LogP contribution is -2.36. The summed E-state index contributed by atoms with van der Waals surface area (Å²) in [7, 11) is 3.18. The maximum atomic E-state index is 13.0. The van der Waals surface area contributed by atoms with E-state index in [2.05, 4.69) is 26.0 Å². The van der Waals surface area contributed by atoms with Gasteiger partial charge in [0.15, 0.2) is 0 Å². The maximum absolute atomic E-state index is 13.0. The molecule has 0 saturated carbocycles. The van der Waals surface area contributed by atoms with E-state index in [1.807, 2.05) is 29.0 Å². The van der Waals surface area contributed by atoms with E-state index in [0.717, 1.165) is 27.1 Å². The summed E-state index contributed by atoms with van der Waals surface area (Å²) in [6, 6.07) is 13.5. The maximum Gasteiger partial charge on any atom is 0.330 e. The van der Waals surface area contributed by atoms with Crippen molar-refractivity contribution in [3.05, 3.63) is 85.6 Å². The second kappa shape index (κ2) is 6.53. The third-order valence-corrected chi connectivity index (χ3v) is 5.58. The second-order valence-corrected chi connectivity index (χ2v) is 7.53. The molecule has 0 N–H and O–H groups in total. The van der Waals surface area contributed by atoms with Gasteiger partial charge in [0.1, 0.15) is 0 Å². The van der Waals surface area contributed by atoms with E-state index in [1.54, 1.807) is 19.2 Å². The molecular weight excluding hydrogens is 374 g/mol. The summed E-state index contributed by atoms with van der Waals surface area (Å²) in [6.07, 6.45) is 1.85. The lowest BCUT2D eigenvalue weighted by Gasteiger charge is -2.12. The Morgan fingerprint density at radius 3 is 2.18 bits per heavy atom. The van der Waals surface area contributed by atoms with Gasteiger partial charge >= 0.3 is 5.69 Å². The summed E-state index contributed by atoms with van der Waals surface area (Å²) in [6.45, 7) is 4.11. The van der Waals surface area contributed by atoms with Gasteiger partial charge in [0, 0.05) is 31.0 Å². The number of aryl methyl sites for hydroxylation is 3. The first-order chi connectivity index (χ1) is 13.3. The fraction of sp³-hybridized carbons (Fsp3) is 0.182. The van der Waals surface area contributed by atoms with E-state index in [1.165, 1.54) is 17.2 Å². The van der Waals surface area contributed by atoms with Crippen LogP contribution in [0.1, 0.15) is 11.1 Å². The van der Waals surface area contributed by atoms with Crippen LogP contribution in [0, 0.1) is 13.8 Å². The predicted octanol–water partition coefficient (Wildman–Crippen LogP) is 3.97. The Hall–Kier alpha value is -3.05. The van der Waals surface area contributed by atoms with Crippen molar-refractivity contribution in [3.63, 3.8) is 0 Å². The molecule has 4 rings (SSSR count). The molecule has 5 nitrogen and oxygen atoms in total. The third kappa shape index (κ3) is 2.70. The van der Waals surface area contributed by atoms with E-state index in [4.69, 9.17) is 11.6 Å². The molecule has 0 aliphatic rings. The van der Waals surface area contributed by atoms with Crippen molar-refractivity contribution in [2.24, 2.45) is 14.1 Å². The summed E-state index contributed by atoms with van der Waals surface area (Å²) >= 11 is 6.07. The van der Waals surface area contributed by atoms with Crippen LogP contribution in [0.5, 0.6) is 0 Å². The smallest absolute Gasteiger partial charge is 0.314 e. The SMILES string of the molecule is Cc1ccc(-n2cc3c(c2-c2ccc(Cl)cc2)c(=O)n(C)c(=O)n3C)cc1C. The number of hydrogen-bond donors (Lipinski definition) is 0. The first-order valence-electron chi connectivity index (χ1n) is 8.94. The highest BCUT2D eigenvalue weighted by Crippen LogP contribution is 2.32. The standard InChI is InChI=1S/C22H20ClN3O2/c1-13-5-10-17(11-14(13)2)26-12-18-19(21(27)25(4)22(28)24(18)3)20(26)15-6-8-16(23)9-7-15/h5-12H,1-4H3. The minimum absolute atomic E-state index is 0.314. The molecule has 2 heterocycles. The molecule has 0 bridgehead atoms. The van der Waals surface area contributed by atoms with Gasteiger partial charge in [0.25, 0.3) is 5.56 Å². The molecule has 28 heavy (non-hydrogen) atoms. The molecule has 0 fully saturated rings. The highest BCUT2D eigenvalue weighted by Gasteiger charge is 2.20. The molecule has 0 saturated heterocycles. The largest absolute Gasteiger partial charge is 0.330 e. The minimum Gasteiger partial charge on any atom is -0.314 e. The number of hydrogen-bond acceptors (Lipinski definition) is 2. The van der Waals surface area contributed by atoms with Crippen molar-refractivity contribution in [1.29, 1.82) is 0 Å². The fourth-order valence-corrected chi connectivity index (χ4v) is 3.64. The van der Waals surface area contributed by atoms with Crippen LogP contribution >= 0.6 is 11.6 Å². The molecular formula is C22H20ClN3O2. The van der Waals surface area contributed by atoms with Crippen molar-refractivity contribution in [3.8, 4) is 16.9 Å². The summed E-state index contributed by atoms with van der Waals surface area (Å²) in [5, 5.41) is 1.13. The van der Waals surface area contributed by atoms with Gasteiger partial charge in [-0.05, 0) is 54.8 Å². The van der Waals surface area contributed by atoms with Crippen molar-refractivity contribution in [2.75, 3.05) is 0 Å². The van der Waals surface area contributed by atoms with Crippen LogP contribution in [-0.2, 0) is 14.1 Å². The van der Waals surface area contributed by atoms with Gasteiger partial charge in [0.05, 0.1) is 16.6 Å². The molecule has 0 aliphatic carbocycles. The minimum atomic E-state index is -0.350. The van der Waals surface area contributed by atoms with Gasteiger partial charge in [-0.2, -0.15) is 0 Å². The summed E-state index contributed by atoms with van der Waals surface area (Å²) in [5.41, 5.74) is 4.80. The Kier molecular flexibility index (Phi) is 4.27. The monoisotopic (exact) mass is 393 g/mol. The predicted molar refractivity (Wildman–Crippen MR) is 114 cm³/mol. The second-order valence-electron chi connectivity index (χ2n) is 7.09. The highest BCUT2D eigenvalue weighted by molar-refractivity contribution is 6.30. The lowest BCUT2D eigenvalue weighted by atomic mass is 10.1. The lowest BCUT2D eigenvalue weighted by molar-refractivity contribution is 0.714. The first-order valence-corrected chi connectivity index (χ1v) is 9.32. The van der Waals surface area contributed by atoms with E-state index in [0.29, 0.717) is 15.9 Å². The molecule has 2 aromatic heterocycles. The number of benzene rings is 2. The average molecular weight is 394 g/mol. The molecule has 6 heteroatoms. The van der Waals surface area contributed by atoms with Gasteiger partial charge in [-0.25, -0.2) is 4.79 Å². The number of halogens is 1. The number of nitrogens with zero attached hydrogens (tertiary/aromatic N) is 3. The molecule has 142 valence electrons. The van der Waals surface area contributed by atoms with Crippen LogP contribution in [0.4, 0.5) is 0 Å². The zero-order valence-electron chi connectivity index (χ0n) is 16.2. The van der Waals surface area contributed by atoms with Gasteiger partial charge in [-0.3, -0.25) is 13.9 Å². The van der Waals surface area contributed by atoms with E-state index in [9.17, 15) is 9.59 Å². The summed E-state index contributed by atoms with van der Waals surface area (Å²) in [4.78, 5) is 25.5. The van der Waals surface area contributed by atoms with E-state index in [-0.39, 0.29) is 11.2 Å². The van der Waals surface area contributed by atoms with Crippen molar-refractivity contribution in [2.45, 2.75) is 13.8 Å². The zero-order chi connectivity index (χ0) is 20.2. The van der Waals surface area contributed by atoms with Gasteiger partial charge < -0.3 is 4.57 Å². The molecule has 0 radical (unpaired) electrons. The molecule has 4 aromatic rings. The van der Waals surface area contributed by atoms with Crippen LogP contribution in [-0.4, -0.2) is 13.7 Å². The number of rotatable bonds is 2. The normalized spacial score (nSPS) is 11.3. The van der Waals surface area contributed by atoms with Gasteiger partial charge in [-0.1, -0.05) is 29.8 Å². The Bertz CT molecular complexity index is 1340. The van der Waals surface area contributed by atoms with Gasteiger partial charge in [-0.15, -0.1) is 0 Å². The molecule has 0 unspecified atom stereocenters. The quantitative estimate of drug-likeness (QED) is 0.517. The summed E-state index contributed by atoms with van der Waals surface area (Å²) in [5.74, 6) is 0. The van der Waals surface area contributed by atoms with Crippen molar-refractivity contribution in [1.82, 2.24) is 13.7 Å². The van der Waals surface area contributed by atoms with Crippen molar-refractivity contribution < 1.29 is 0 Å². The zero-order valence-corrected chi connectivity index (χ0v) is 16.9. The fourth-order valence-electron chi connectivity index (χ4n) is 3.51. The molecule has 0 aliphatic heterocycles. The Labute approximate surface area is 167 Å².